The lowest BCUT2D eigenvalue weighted by Crippen LogP contribution is -2.30. The Balaban J connectivity index is 4.16. The molecule has 0 bridgehead atoms. The van der Waals surface area contributed by atoms with E-state index in [1.807, 2.05) is 0 Å². The minimum absolute atomic E-state index is 0.105. The predicted molar refractivity (Wildman–Crippen MR) is 112 cm³/mol. The van der Waals surface area contributed by atoms with Gasteiger partial charge in [-0.3, -0.25) is 17.1 Å². The van der Waals surface area contributed by atoms with Crippen molar-refractivity contribution in [1.29, 1.82) is 0 Å². The highest BCUT2D eigenvalue weighted by molar-refractivity contribution is 7.88. The summed E-state index contributed by atoms with van der Waals surface area (Å²) in [6.07, 6.45) is -0.721. The summed E-state index contributed by atoms with van der Waals surface area (Å²) in [5.74, 6) is -2.47. The first-order valence-electron chi connectivity index (χ1n) is 9.15. The molecular weight excluding hydrogens is 502 g/mol. The lowest BCUT2D eigenvalue weighted by atomic mass is 9.96. The SMILES string of the molecule is CC(C)(CN)COS(=O)(=O)CCCS(=O)(=O)OCCCOS(=O)(=O)CCCS(=O)(=O)O. The van der Waals surface area contributed by atoms with Crippen LogP contribution in [-0.4, -0.2) is 87.6 Å². The summed E-state index contributed by atoms with van der Waals surface area (Å²) in [6.45, 7) is 2.72. The van der Waals surface area contributed by atoms with Gasteiger partial charge in [-0.15, -0.1) is 0 Å². The van der Waals surface area contributed by atoms with Gasteiger partial charge in [0.25, 0.3) is 40.5 Å². The van der Waals surface area contributed by atoms with E-state index in [-0.39, 0.29) is 32.4 Å². The molecule has 13 nitrogen and oxygen atoms in total. The molecule has 0 fully saturated rings. The Hall–Kier alpha value is -0.400. The van der Waals surface area contributed by atoms with Gasteiger partial charge in [-0.25, -0.2) is 0 Å². The van der Waals surface area contributed by atoms with E-state index in [0.29, 0.717) is 0 Å². The molecule has 0 unspecified atom stereocenters. The summed E-state index contributed by atoms with van der Waals surface area (Å²) in [5.41, 5.74) is 4.93. The average molecular weight is 534 g/mol. The van der Waals surface area contributed by atoms with Crippen molar-refractivity contribution >= 4 is 40.5 Å². The minimum atomic E-state index is -4.28. The van der Waals surface area contributed by atoms with Crippen LogP contribution in [0.15, 0.2) is 0 Å². The summed E-state index contributed by atoms with van der Waals surface area (Å²) in [6, 6.07) is 0. The standard InChI is InChI=1S/C14H31NO12S4/c1-14(2,12-15)13-27-31(23,24)11-5-10-30(21,22)26-7-3-6-25-29(19,20)9-4-8-28(16,17)18/h3-13,15H2,1-2H3,(H,16,17,18). The molecular formula is C14H31NO12S4. The smallest absolute Gasteiger partial charge is 0.267 e. The third-order valence-corrected chi connectivity index (χ3v) is 8.28. The van der Waals surface area contributed by atoms with Crippen molar-refractivity contribution in [3.8, 4) is 0 Å². The third kappa shape index (κ3) is 17.8. The van der Waals surface area contributed by atoms with Crippen LogP contribution in [0, 0.1) is 5.41 Å². The Morgan fingerprint density at radius 3 is 1.45 bits per heavy atom. The van der Waals surface area contributed by atoms with Crippen molar-refractivity contribution in [2.75, 3.05) is 49.4 Å². The molecule has 0 saturated heterocycles. The number of hydrogen-bond donors (Lipinski definition) is 2. The van der Waals surface area contributed by atoms with Crippen LogP contribution in [0.5, 0.6) is 0 Å². The van der Waals surface area contributed by atoms with Gasteiger partial charge in [-0.05, 0) is 25.8 Å². The maximum Gasteiger partial charge on any atom is 0.267 e. The van der Waals surface area contributed by atoms with E-state index in [1.54, 1.807) is 13.8 Å². The normalized spacial score (nSPS) is 14.1. The first kappa shape index (κ1) is 30.6. The second kappa shape index (κ2) is 12.7. The molecule has 0 spiro atoms. The molecule has 0 rings (SSSR count). The third-order valence-electron chi connectivity index (χ3n) is 3.58. The lowest BCUT2D eigenvalue weighted by molar-refractivity contribution is 0.192. The Bertz CT molecular complexity index is 953. The molecule has 0 aliphatic carbocycles. The molecule has 17 heteroatoms. The zero-order chi connectivity index (χ0) is 24.4. The Kier molecular flexibility index (Phi) is 12.6. The fourth-order valence-electron chi connectivity index (χ4n) is 1.75. The minimum Gasteiger partial charge on any atom is -0.330 e. The first-order chi connectivity index (χ1) is 13.9. The summed E-state index contributed by atoms with van der Waals surface area (Å²) in [7, 11) is -16.3. The van der Waals surface area contributed by atoms with E-state index in [4.69, 9.17) is 14.5 Å². The molecule has 0 heterocycles. The van der Waals surface area contributed by atoms with E-state index in [9.17, 15) is 33.7 Å². The van der Waals surface area contributed by atoms with E-state index in [0.717, 1.165) is 0 Å². The van der Waals surface area contributed by atoms with Gasteiger partial charge in [0, 0.05) is 5.41 Å². The van der Waals surface area contributed by atoms with Gasteiger partial charge >= 0.3 is 0 Å². The van der Waals surface area contributed by atoms with Crippen molar-refractivity contribution in [2.45, 2.75) is 33.1 Å². The van der Waals surface area contributed by atoms with Crippen molar-refractivity contribution in [2.24, 2.45) is 11.1 Å². The van der Waals surface area contributed by atoms with Crippen LogP contribution < -0.4 is 5.73 Å². The summed E-state index contributed by atoms with van der Waals surface area (Å²) < 4.78 is 114. The Labute approximate surface area is 184 Å². The molecule has 0 aromatic rings. The van der Waals surface area contributed by atoms with Crippen LogP contribution in [0.3, 0.4) is 0 Å². The highest BCUT2D eigenvalue weighted by Crippen LogP contribution is 2.15. The lowest BCUT2D eigenvalue weighted by Gasteiger charge is -2.21. The van der Waals surface area contributed by atoms with Crippen LogP contribution in [-0.2, 0) is 53.0 Å². The largest absolute Gasteiger partial charge is 0.330 e. The second-order valence-corrected chi connectivity index (χ2v) is 14.3. The average Bonchev–Trinajstić information content (AvgIpc) is 2.58. The van der Waals surface area contributed by atoms with Crippen LogP contribution in [0.1, 0.15) is 33.1 Å². The van der Waals surface area contributed by atoms with Crippen molar-refractivity contribution in [3.63, 3.8) is 0 Å². The Morgan fingerprint density at radius 2 is 1.06 bits per heavy atom. The molecule has 3 N–H and O–H groups in total. The highest BCUT2D eigenvalue weighted by Gasteiger charge is 2.22. The van der Waals surface area contributed by atoms with Gasteiger partial charge in [-0.2, -0.15) is 33.7 Å². The Morgan fingerprint density at radius 1 is 0.677 bits per heavy atom. The van der Waals surface area contributed by atoms with Gasteiger partial charge in [0.15, 0.2) is 0 Å². The van der Waals surface area contributed by atoms with Crippen LogP contribution >= 0.6 is 0 Å². The van der Waals surface area contributed by atoms with Gasteiger partial charge in [0.05, 0.1) is 42.8 Å². The molecule has 188 valence electrons. The van der Waals surface area contributed by atoms with Gasteiger partial charge in [-0.1, -0.05) is 13.8 Å². The molecule has 0 aromatic heterocycles. The molecule has 0 amide bonds. The zero-order valence-corrected chi connectivity index (χ0v) is 20.7. The summed E-state index contributed by atoms with van der Waals surface area (Å²) in [4.78, 5) is 0. The fraction of sp³-hybridized carbons (Fsp3) is 1.00. The van der Waals surface area contributed by atoms with Gasteiger partial charge in [0.2, 0.25) is 0 Å². The van der Waals surface area contributed by atoms with Crippen LogP contribution in [0.25, 0.3) is 0 Å². The second-order valence-electron chi connectivity index (χ2n) is 7.41. The van der Waals surface area contributed by atoms with E-state index >= 15 is 0 Å². The first-order valence-corrected chi connectivity index (χ1v) is 15.5. The number of rotatable bonds is 18. The highest BCUT2D eigenvalue weighted by atomic mass is 32.2. The van der Waals surface area contributed by atoms with Crippen LogP contribution in [0.4, 0.5) is 0 Å². The zero-order valence-electron chi connectivity index (χ0n) is 17.4. The monoisotopic (exact) mass is 533 g/mol. The van der Waals surface area contributed by atoms with Crippen molar-refractivity contribution in [3.05, 3.63) is 0 Å². The summed E-state index contributed by atoms with van der Waals surface area (Å²) >= 11 is 0. The quantitative estimate of drug-likeness (QED) is 0.124. The van der Waals surface area contributed by atoms with Crippen LogP contribution in [0.2, 0.25) is 0 Å². The summed E-state index contributed by atoms with van der Waals surface area (Å²) in [5, 5.41) is 0. The molecule has 0 aliphatic heterocycles. The molecule has 0 aliphatic rings. The van der Waals surface area contributed by atoms with E-state index < -0.39 is 82.1 Å². The van der Waals surface area contributed by atoms with Crippen molar-refractivity contribution < 1.29 is 50.8 Å². The fourth-order valence-corrected chi connectivity index (χ4v) is 5.71. The molecule has 0 saturated carbocycles. The molecule has 31 heavy (non-hydrogen) atoms. The van der Waals surface area contributed by atoms with E-state index in [1.165, 1.54) is 0 Å². The predicted octanol–water partition coefficient (Wildman–Crippen LogP) is -0.931. The molecule has 0 atom stereocenters. The molecule has 0 radical (unpaired) electrons. The topological polar surface area (TPSA) is 210 Å². The van der Waals surface area contributed by atoms with E-state index in [2.05, 4.69) is 8.37 Å². The maximum atomic E-state index is 11.8. The molecule has 0 aromatic carbocycles. The van der Waals surface area contributed by atoms with Gasteiger partial charge in [0.1, 0.15) is 0 Å². The maximum absolute atomic E-state index is 11.8. The van der Waals surface area contributed by atoms with Crippen molar-refractivity contribution in [1.82, 2.24) is 0 Å². The number of hydrogen-bond acceptors (Lipinski definition) is 12. The number of nitrogens with two attached hydrogens (primary N) is 1. The van der Waals surface area contributed by atoms with Gasteiger partial charge < -0.3 is 5.73 Å².